The van der Waals surface area contributed by atoms with Crippen molar-refractivity contribution in [3.8, 4) is 11.1 Å². The van der Waals surface area contributed by atoms with Crippen LogP contribution in [0.15, 0.2) is 42.6 Å². The van der Waals surface area contributed by atoms with Gasteiger partial charge >= 0.3 is 0 Å². The molecule has 3 fully saturated rings. The molecule has 0 radical (unpaired) electrons. The number of fused-ring (bicyclic) bond motifs is 1. The second kappa shape index (κ2) is 11.2. The van der Waals surface area contributed by atoms with Crippen molar-refractivity contribution in [1.29, 1.82) is 0 Å². The van der Waals surface area contributed by atoms with Crippen LogP contribution in [-0.4, -0.2) is 64.3 Å². The lowest BCUT2D eigenvalue weighted by molar-refractivity contribution is -0.157. The molecule has 1 amide bonds. The van der Waals surface area contributed by atoms with Crippen molar-refractivity contribution in [3.05, 3.63) is 53.7 Å². The lowest BCUT2D eigenvalue weighted by Crippen LogP contribution is -2.58. The fraction of sp³-hybridized carbons (Fsp3) is 0.562. The minimum atomic E-state index is -2.99. The number of halogens is 2. The fourth-order valence-electron chi connectivity index (χ4n) is 6.63. The number of benzene rings is 2. The van der Waals surface area contributed by atoms with Crippen LogP contribution < -0.4 is 5.32 Å². The molecule has 1 aromatic heterocycles. The molecule has 0 spiro atoms. The molecular formula is C32H40F2N4O2. The summed E-state index contributed by atoms with van der Waals surface area (Å²) in [5, 5.41) is 10.9. The highest BCUT2D eigenvalue weighted by Crippen LogP contribution is 2.46. The number of rotatable bonds is 8. The van der Waals surface area contributed by atoms with Crippen LogP contribution in [-0.2, 0) is 16.0 Å². The van der Waals surface area contributed by atoms with Gasteiger partial charge in [0.2, 0.25) is 5.91 Å². The van der Waals surface area contributed by atoms with Crippen molar-refractivity contribution < 1.29 is 18.3 Å². The second-order valence-electron chi connectivity index (χ2n) is 12.2. The van der Waals surface area contributed by atoms with E-state index in [9.17, 15) is 4.79 Å². The average molecular weight is 551 g/mol. The third kappa shape index (κ3) is 5.79. The molecule has 1 aliphatic heterocycles. The van der Waals surface area contributed by atoms with E-state index in [1.54, 1.807) is 0 Å². The summed E-state index contributed by atoms with van der Waals surface area (Å²) in [6, 6.07) is 11.4. The van der Waals surface area contributed by atoms with E-state index in [0.717, 1.165) is 66.4 Å². The number of alkyl halides is 2. The molecule has 0 bridgehead atoms. The van der Waals surface area contributed by atoms with Crippen LogP contribution in [0.4, 0.5) is 8.78 Å². The number of carbonyl (C=O) groups is 1. The third-order valence-electron chi connectivity index (χ3n) is 9.00. The van der Waals surface area contributed by atoms with E-state index in [1.165, 1.54) is 5.56 Å². The molecule has 2 atom stereocenters. The SMILES string of the molecule is CC(C)N1CCC(O[C@H]2CCCC(F)(F)[C@@H]2NC(=O)Cc2cccc(-c3ccc4[nH]ncc4c3)c2C2CC2)CC1. The Balaban J connectivity index is 1.18. The maximum absolute atomic E-state index is 15.2. The van der Waals surface area contributed by atoms with Gasteiger partial charge in [-0.05, 0) is 92.7 Å². The van der Waals surface area contributed by atoms with Gasteiger partial charge in [0.25, 0.3) is 5.92 Å². The number of H-pyrrole nitrogens is 1. The lowest BCUT2D eigenvalue weighted by Gasteiger charge is -2.42. The minimum absolute atomic E-state index is 0.0426. The maximum atomic E-state index is 15.2. The molecule has 6 rings (SSSR count). The van der Waals surface area contributed by atoms with Gasteiger partial charge in [-0.2, -0.15) is 5.10 Å². The molecule has 1 saturated heterocycles. The molecule has 3 aliphatic rings. The zero-order valence-electron chi connectivity index (χ0n) is 23.5. The van der Waals surface area contributed by atoms with Crippen LogP contribution in [0.3, 0.4) is 0 Å². The van der Waals surface area contributed by atoms with Crippen molar-refractivity contribution >= 4 is 16.8 Å². The molecule has 2 N–H and O–H groups in total. The molecule has 6 nitrogen and oxygen atoms in total. The van der Waals surface area contributed by atoms with Gasteiger partial charge in [-0.25, -0.2) is 8.78 Å². The summed E-state index contributed by atoms with van der Waals surface area (Å²) in [7, 11) is 0. The summed E-state index contributed by atoms with van der Waals surface area (Å²) < 4.78 is 36.8. The van der Waals surface area contributed by atoms with E-state index >= 15 is 8.78 Å². The quantitative estimate of drug-likeness (QED) is 0.350. The van der Waals surface area contributed by atoms with Gasteiger partial charge in [-0.3, -0.25) is 9.89 Å². The van der Waals surface area contributed by atoms with E-state index in [2.05, 4.69) is 52.5 Å². The Hall–Kier alpha value is -2.84. The molecule has 214 valence electrons. The van der Waals surface area contributed by atoms with Crippen LogP contribution in [0.25, 0.3) is 22.0 Å². The number of nitrogens with zero attached hydrogens (tertiary/aromatic N) is 2. The first kappa shape index (κ1) is 27.3. The highest BCUT2D eigenvalue weighted by atomic mass is 19.3. The average Bonchev–Trinajstić information content (AvgIpc) is 3.66. The normalized spacial score (nSPS) is 24.0. The molecule has 2 saturated carbocycles. The van der Waals surface area contributed by atoms with Gasteiger partial charge in [-0.15, -0.1) is 0 Å². The summed E-state index contributed by atoms with van der Waals surface area (Å²) >= 11 is 0. The van der Waals surface area contributed by atoms with Gasteiger partial charge in [0, 0.05) is 30.9 Å². The standard InChI is InChI=1S/C32H40F2N4O2/c1-20(2)38-15-12-25(13-16-38)40-28-7-4-14-32(33,34)31(28)36-29(39)18-23-5-3-6-26(30(23)21-8-9-21)22-10-11-27-24(17-22)19-35-37-27/h3,5-6,10-11,17,19-21,25,28,31H,4,7-9,12-16,18H2,1-2H3,(H,35,37)(H,36,39)/t28-,31+/m0/s1. The van der Waals surface area contributed by atoms with Crippen molar-refractivity contribution in [2.45, 2.75) is 101 Å². The zero-order valence-corrected chi connectivity index (χ0v) is 23.5. The number of piperidine rings is 1. The molecule has 3 aromatic rings. The summed E-state index contributed by atoms with van der Waals surface area (Å²) in [6.45, 7) is 6.18. The van der Waals surface area contributed by atoms with E-state index in [0.29, 0.717) is 24.8 Å². The topological polar surface area (TPSA) is 70.2 Å². The number of nitrogens with one attached hydrogen (secondary N) is 2. The molecule has 40 heavy (non-hydrogen) atoms. The minimum Gasteiger partial charge on any atom is -0.373 e. The Bertz CT molecular complexity index is 1340. The van der Waals surface area contributed by atoms with E-state index in [1.807, 2.05) is 24.4 Å². The van der Waals surface area contributed by atoms with Gasteiger partial charge in [-0.1, -0.05) is 24.3 Å². The van der Waals surface area contributed by atoms with Crippen LogP contribution in [0.2, 0.25) is 0 Å². The first-order valence-electron chi connectivity index (χ1n) is 14.9. The summed E-state index contributed by atoms with van der Waals surface area (Å²) in [5.41, 5.74) is 5.24. The lowest BCUT2D eigenvalue weighted by atomic mass is 9.87. The van der Waals surface area contributed by atoms with Crippen LogP contribution in [0, 0.1) is 0 Å². The number of aromatic nitrogens is 2. The summed E-state index contributed by atoms with van der Waals surface area (Å²) in [4.78, 5) is 15.8. The van der Waals surface area contributed by atoms with Gasteiger partial charge in [0.15, 0.2) is 0 Å². The van der Waals surface area contributed by atoms with E-state index < -0.39 is 18.1 Å². The van der Waals surface area contributed by atoms with Crippen LogP contribution >= 0.6 is 0 Å². The van der Waals surface area contributed by atoms with E-state index in [-0.39, 0.29) is 24.9 Å². The number of aromatic amines is 1. The molecule has 2 heterocycles. The van der Waals surface area contributed by atoms with Crippen molar-refractivity contribution in [2.75, 3.05) is 13.1 Å². The molecule has 0 unspecified atom stereocenters. The highest BCUT2D eigenvalue weighted by Gasteiger charge is 2.49. The Morgan fingerprint density at radius 3 is 2.70 bits per heavy atom. The second-order valence-corrected chi connectivity index (χ2v) is 12.2. The first-order chi connectivity index (χ1) is 19.3. The van der Waals surface area contributed by atoms with E-state index in [4.69, 9.17) is 4.74 Å². The Kier molecular flexibility index (Phi) is 7.66. The van der Waals surface area contributed by atoms with Crippen molar-refractivity contribution in [1.82, 2.24) is 20.4 Å². The monoisotopic (exact) mass is 550 g/mol. The van der Waals surface area contributed by atoms with Crippen molar-refractivity contribution in [3.63, 3.8) is 0 Å². The predicted octanol–water partition coefficient (Wildman–Crippen LogP) is 6.21. The number of hydrogen-bond acceptors (Lipinski definition) is 4. The highest BCUT2D eigenvalue weighted by molar-refractivity contribution is 5.86. The largest absolute Gasteiger partial charge is 0.373 e. The Morgan fingerprint density at radius 2 is 1.95 bits per heavy atom. The number of amides is 1. The number of hydrogen-bond donors (Lipinski definition) is 2. The van der Waals surface area contributed by atoms with Crippen LogP contribution in [0.1, 0.15) is 75.8 Å². The summed E-state index contributed by atoms with van der Waals surface area (Å²) in [5.74, 6) is -2.96. The Morgan fingerprint density at radius 1 is 1.15 bits per heavy atom. The van der Waals surface area contributed by atoms with Crippen LogP contribution in [0.5, 0.6) is 0 Å². The maximum Gasteiger partial charge on any atom is 0.270 e. The molecule has 2 aromatic carbocycles. The summed E-state index contributed by atoms with van der Waals surface area (Å²) in [6.07, 6.45) is 5.74. The number of carbonyl (C=O) groups excluding carboxylic acids is 1. The zero-order chi connectivity index (χ0) is 27.9. The van der Waals surface area contributed by atoms with Crippen molar-refractivity contribution in [2.24, 2.45) is 0 Å². The molecular weight excluding hydrogens is 510 g/mol. The fourth-order valence-corrected chi connectivity index (χ4v) is 6.63. The molecule has 8 heteroatoms. The number of likely N-dealkylation sites (tertiary alicyclic amines) is 1. The van der Waals surface area contributed by atoms with Gasteiger partial charge in [0.1, 0.15) is 6.04 Å². The Labute approximate surface area is 234 Å². The van der Waals surface area contributed by atoms with Gasteiger partial charge < -0.3 is 15.0 Å². The smallest absolute Gasteiger partial charge is 0.270 e. The van der Waals surface area contributed by atoms with Gasteiger partial charge in [0.05, 0.1) is 30.3 Å². The third-order valence-corrected chi connectivity index (χ3v) is 9.00. The predicted molar refractivity (Wildman–Crippen MR) is 153 cm³/mol. The number of ether oxygens (including phenoxy) is 1. The first-order valence-corrected chi connectivity index (χ1v) is 14.9. The molecule has 2 aliphatic carbocycles.